The molecule has 0 spiro atoms. The van der Waals surface area contributed by atoms with E-state index in [9.17, 15) is 0 Å². The minimum absolute atomic E-state index is 0.354. The van der Waals surface area contributed by atoms with Crippen molar-refractivity contribution in [3.63, 3.8) is 0 Å². The van der Waals surface area contributed by atoms with Crippen molar-refractivity contribution in [2.24, 2.45) is 0 Å². The van der Waals surface area contributed by atoms with Gasteiger partial charge in [-0.25, -0.2) is 0 Å². The highest BCUT2D eigenvalue weighted by Crippen LogP contribution is 2.25. The predicted molar refractivity (Wildman–Crippen MR) is 92.2 cm³/mol. The Labute approximate surface area is 141 Å². The zero-order valence-corrected chi connectivity index (χ0v) is 14.2. The second-order valence-electron chi connectivity index (χ2n) is 5.67. The molecule has 23 heavy (non-hydrogen) atoms. The molecule has 122 valence electrons. The van der Waals surface area contributed by atoms with E-state index in [0.717, 1.165) is 37.0 Å². The van der Waals surface area contributed by atoms with Gasteiger partial charge in [-0.2, -0.15) is 4.98 Å². The molecule has 1 atom stereocenters. The van der Waals surface area contributed by atoms with Gasteiger partial charge in [0.1, 0.15) is 0 Å². The fourth-order valence-electron chi connectivity index (χ4n) is 2.90. The van der Waals surface area contributed by atoms with Crippen molar-refractivity contribution in [1.82, 2.24) is 14.9 Å². The molecular weight excluding hydrogens is 312 g/mol. The van der Waals surface area contributed by atoms with Crippen LogP contribution in [0.1, 0.15) is 18.5 Å². The number of aromatic nitrogens is 2. The molecule has 3 rings (SSSR count). The third-order valence-electron chi connectivity index (χ3n) is 4.33. The third-order valence-corrected chi connectivity index (χ3v) is 4.56. The van der Waals surface area contributed by atoms with E-state index in [1.54, 1.807) is 19.5 Å². The van der Waals surface area contributed by atoms with Gasteiger partial charge in [-0.05, 0) is 24.6 Å². The largest absolute Gasteiger partial charge is 0.480 e. The summed E-state index contributed by atoms with van der Waals surface area (Å²) in [7, 11) is 1.61. The summed E-state index contributed by atoms with van der Waals surface area (Å²) >= 11 is 6.11. The number of nitrogens with zero attached hydrogens (tertiary/aromatic N) is 4. The number of halogens is 1. The van der Waals surface area contributed by atoms with Gasteiger partial charge in [0.05, 0.1) is 19.5 Å². The monoisotopic (exact) mass is 332 g/mol. The van der Waals surface area contributed by atoms with E-state index < -0.39 is 0 Å². The van der Waals surface area contributed by atoms with Crippen LogP contribution in [0, 0.1) is 0 Å². The van der Waals surface area contributed by atoms with Crippen molar-refractivity contribution in [2.75, 3.05) is 38.2 Å². The Bertz CT molecular complexity index is 659. The Kier molecular flexibility index (Phi) is 4.98. The van der Waals surface area contributed by atoms with Gasteiger partial charge >= 0.3 is 0 Å². The van der Waals surface area contributed by atoms with Crippen molar-refractivity contribution < 1.29 is 4.74 Å². The fourth-order valence-corrected chi connectivity index (χ4v) is 3.10. The van der Waals surface area contributed by atoms with Crippen LogP contribution in [0.15, 0.2) is 36.7 Å². The molecule has 0 saturated carbocycles. The lowest BCUT2D eigenvalue weighted by atomic mass is 10.1. The summed E-state index contributed by atoms with van der Waals surface area (Å²) in [6.45, 7) is 6.03. The first kappa shape index (κ1) is 16.0. The van der Waals surface area contributed by atoms with Crippen LogP contribution in [0.25, 0.3) is 0 Å². The molecule has 1 aliphatic heterocycles. The maximum absolute atomic E-state index is 6.11. The number of ether oxygens (including phenoxy) is 1. The summed E-state index contributed by atoms with van der Waals surface area (Å²) in [4.78, 5) is 13.4. The van der Waals surface area contributed by atoms with E-state index in [1.165, 1.54) is 5.56 Å². The summed E-state index contributed by atoms with van der Waals surface area (Å²) in [5.74, 6) is 1.43. The molecule has 0 N–H and O–H groups in total. The van der Waals surface area contributed by atoms with Gasteiger partial charge < -0.3 is 9.64 Å². The first-order chi connectivity index (χ1) is 11.2. The number of methoxy groups -OCH3 is 1. The van der Waals surface area contributed by atoms with Crippen molar-refractivity contribution in [3.8, 4) is 5.88 Å². The summed E-state index contributed by atoms with van der Waals surface area (Å²) < 4.78 is 5.15. The molecule has 1 aromatic heterocycles. The molecule has 0 bridgehead atoms. The van der Waals surface area contributed by atoms with Crippen LogP contribution in [0.5, 0.6) is 5.88 Å². The zero-order chi connectivity index (χ0) is 16.2. The normalized spacial score (nSPS) is 17.1. The molecular formula is C17H21ClN4O. The van der Waals surface area contributed by atoms with Crippen molar-refractivity contribution in [2.45, 2.75) is 13.0 Å². The molecule has 1 saturated heterocycles. The van der Waals surface area contributed by atoms with Gasteiger partial charge in [-0.15, -0.1) is 0 Å². The Hall–Kier alpha value is -1.85. The van der Waals surface area contributed by atoms with Crippen molar-refractivity contribution >= 4 is 17.4 Å². The SMILES string of the molecule is COc1cncc(N2CCN(C(C)c3cccc(Cl)c3)CC2)n1. The number of hydrogen-bond acceptors (Lipinski definition) is 5. The van der Waals surface area contributed by atoms with Gasteiger partial charge in [0.25, 0.3) is 0 Å². The minimum atomic E-state index is 0.354. The number of hydrogen-bond donors (Lipinski definition) is 0. The van der Waals surface area contributed by atoms with E-state index in [4.69, 9.17) is 16.3 Å². The molecule has 2 aromatic rings. The Morgan fingerprint density at radius 3 is 2.65 bits per heavy atom. The van der Waals surface area contributed by atoms with Crippen LogP contribution in [0.2, 0.25) is 5.02 Å². The molecule has 2 heterocycles. The van der Waals surface area contributed by atoms with E-state index in [0.29, 0.717) is 11.9 Å². The summed E-state index contributed by atoms with van der Waals surface area (Å²) in [6, 6.07) is 8.46. The van der Waals surface area contributed by atoms with E-state index in [2.05, 4.69) is 32.8 Å². The Balaban J connectivity index is 1.63. The fraction of sp³-hybridized carbons (Fsp3) is 0.412. The molecule has 5 nitrogen and oxygen atoms in total. The average Bonchev–Trinajstić information content (AvgIpc) is 2.61. The molecule has 6 heteroatoms. The Morgan fingerprint density at radius 1 is 1.17 bits per heavy atom. The molecule has 0 aliphatic carbocycles. The summed E-state index contributed by atoms with van der Waals surface area (Å²) in [6.07, 6.45) is 3.42. The van der Waals surface area contributed by atoms with Crippen LogP contribution in [0.4, 0.5) is 5.82 Å². The van der Waals surface area contributed by atoms with Gasteiger partial charge in [-0.3, -0.25) is 9.88 Å². The van der Waals surface area contributed by atoms with Crippen LogP contribution >= 0.6 is 11.6 Å². The van der Waals surface area contributed by atoms with Crippen molar-refractivity contribution in [3.05, 3.63) is 47.2 Å². The summed E-state index contributed by atoms with van der Waals surface area (Å²) in [5, 5.41) is 0.791. The predicted octanol–water partition coefficient (Wildman–Crippen LogP) is 3.02. The van der Waals surface area contributed by atoms with E-state index in [1.807, 2.05) is 18.2 Å². The van der Waals surface area contributed by atoms with Gasteiger partial charge in [0.15, 0.2) is 5.82 Å². The van der Waals surface area contributed by atoms with Crippen LogP contribution in [0.3, 0.4) is 0 Å². The molecule has 1 aromatic carbocycles. The smallest absolute Gasteiger partial charge is 0.233 e. The van der Waals surface area contributed by atoms with E-state index in [-0.39, 0.29) is 0 Å². The van der Waals surface area contributed by atoms with Gasteiger partial charge in [-0.1, -0.05) is 23.7 Å². The lowest BCUT2D eigenvalue weighted by Crippen LogP contribution is -2.47. The standard InChI is InChI=1S/C17H21ClN4O/c1-13(14-4-3-5-15(18)10-14)21-6-8-22(9-7-21)16-11-19-12-17(20-16)23-2/h3-5,10-13H,6-9H2,1-2H3. The summed E-state index contributed by atoms with van der Waals surface area (Å²) in [5.41, 5.74) is 1.26. The lowest BCUT2D eigenvalue weighted by Gasteiger charge is -2.38. The molecule has 1 unspecified atom stereocenters. The highest BCUT2D eigenvalue weighted by molar-refractivity contribution is 6.30. The van der Waals surface area contributed by atoms with E-state index >= 15 is 0 Å². The zero-order valence-electron chi connectivity index (χ0n) is 13.4. The Morgan fingerprint density at radius 2 is 1.96 bits per heavy atom. The van der Waals surface area contributed by atoms with Crippen molar-refractivity contribution in [1.29, 1.82) is 0 Å². The molecule has 0 amide bonds. The minimum Gasteiger partial charge on any atom is -0.480 e. The third kappa shape index (κ3) is 3.74. The molecule has 0 radical (unpaired) electrons. The maximum Gasteiger partial charge on any atom is 0.233 e. The first-order valence-corrected chi connectivity index (χ1v) is 8.15. The second kappa shape index (κ2) is 7.15. The highest BCUT2D eigenvalue weighted by Gasteiger charge is 2.23. The average molecular weight is 333 g/mol. The molecule has 1 aliphatic rings. The van der Waals surface area contributed by atoms with Gasteiger partial charge in [0, 0.05) is 37.2 Å². The first-order valence-electron chi connectivity index (χ1n) is 7.78. The topological polar surface area (TPSA) is 41.5 Å². The highest BCUT2D eigenvalue weighted by atomic mass is 35.5. The number of rotatable bonds is 4. The van der Waals surface area contributed by atoms with Crippen LogP contribution in [-0.4, -0.2) is 48.2 Å². The molecule has 1 fully saturated rings. The lowest BCUT2D eigenvalue weighted by molar-refractivity contribution is 0.198. The number of anilines is 1. The maximum atomic E-state index is 6.11. The van der Waals surface area contributed by atoms with Crippen LogP contribution in [-0.2, 0) is 0 Å². The van der Waals surface area contributed by atoms with Gasteiger partial charge in [0.2, 0.25) is 5.88 Å². The number of benzene rings is 1. The second-order valence-corrected chi connectivity index (χ2v) is 6.11. The van der Waals surface area contributed by atoms with Crippen LogP contribution < -0.4 is 9.64 Å². The quantitative estimate of drug-likeness (QED) is 0.861. The number of piperazine rings is 1.